The predicted molar refractivity (Wildman–Crippen MR) is 88.2 cm³/mol. The van der Waals surface area contributed by atoms with Gasteiger partial charge in [-0.15, -0.1) is 0 Å². The third-order valence-electron chi connectivity index (χ3n) is 4.45. The van der Waals surface area contributed by atoms with Crippen molar-refractivity contribution >= 4 is 32.6 Å². The molecular weight excluding hydrogens is 332 g/mol. The minimum Gasteiger partial charge on any atom is -0.506 e. The molecular formula is C16H16N2O5S. The first kappa shape index (κ1) is 15.2. The molecule has 2 fully saturated rings. The Morgan fingerprint density at radius 3 is 2.71 bits per heavy atom. The molecule has 126 valence electrons. The summed E-state index contributed by atoms with van der Waals surface area (Å²) in [5.41, 5.74) is 1.22. The Kier molecular flexibility index (Phi) is 3.40. The molecule has 2 aliphatic rings. The maximum absolute atomic E-state index is 12.0. The zero-order chi connectivity index (χ0) is 16.9. The summed E-state index contributed by atoms with van der Waals surface area (Å²) in [5.74, 6) is -0.476. The lowest BCUT2D eigenvalue weighted by molar-refractivity contribution is -0.117. The molecule has 0 aliphatic carbocycles. The molecule has 0 saturated carbocycles. The highest BCUT2D eigenvalue weighted by molar-refractivity contribution is 7.92. The fourth-order valence-corrected chi connectivity index (χ4v) is 4.36. The first-order valence-corrected chi connectivity index (χ1v) is 9.06. The molecule has 1 amide bonds. The summed E-state index contributed by atoms with van der Waals surface area (Å²) in [6.07, 6.45) is 0.954. The molecule has 2 heterocycles. The molecule has 4 rings (SSSR count). The van der Waals surface area contributed by atoms with Crippen LogP contribution in [0.1, 0.15) is 17.9 Å². The van der Waals surface area contributed by atoms with Crippen LogP contribution in [0.5, 0.6) is 5.75 Å². The van der Waals surface area contributed by atoms with Gasteiger partial charge in [-0.25, -0.2) is 9.03 Å². The number of phenols is 1. The Bertz CT molecular complexity index is 935. The molecule has 2 aromatic carbocycles. The molecule has 7 nitrogen and oxygen atoms in total. The first-order valence-electron chi connectivity index (χ1n) is 7.62. The van der Waals surface area contributed by atoms with E-state index in [1.165, 1.54) is 6.07 Å². The van der Waals surface area contributed by atoms with Gasteiger partial charge in [0, 0.05) is 12.5 Å². The second-order valence-corrected chi connectivity index (χ2v) is 7.64. The van der Waals surface area contributed by atoms with Gasteiger partial charge in [0.1, 0.15) is 12.3 Å². The summed E-state index contributed by atoms with van der Waals surface area (Å²) in [5, 5.41) is 11.8. The number of benzene rings is 2. The van der Waals surface area contributed by atoms with Crippen LogP contribution in [0, 0.1) is 0 Å². The summed E-state index contributed by atoms with van der Waals surface area (Å²) in [4.78, 5) is 11.4. The molecule has 8 heteroatoms. The monoisotopic (exact) mass is 348 g/mol. The molecule has 2 aliphatic heterocycles. The smallest absolute Gasteiger partial charge is 0.326 e. The second kappa shape index (κ2) is 5.35. The van der Waals surface area contributed by atoms with E-state index in [0.29, 0.717) is 12.5 Å². The van der Waals surface area contributed by atoms with E-state index in [1.54, 1.807) is 6.07 Å². The maximum atomic E-state index is 12.0. The number of nitrogens with zero attached hydrogens (tertiary/aromatic N) is 1. The van der Waals surface area contributed by atoms with Gasteiger partial charge in [0.2, 0.25) is 0 Å². The Morgan fingerprint density at radius 2 is 2.04 bits per heavy atom. The number of hydrogen-bond acceptors (Lipinski definition) is 5. The molecule has 0 bridgehead atoms. The Labute approximate surface area is 139 Å². The lowest BCUT2D eigenvalue weighted by Gasteiger charge is -2.17. The average Bonchev–Trinajstić information content (AvgIpc) is 3.13. The summed E-state index contributed by atoms with van der Waals surface area (Å²) >= 11 is 0. The van der Waals surface area contributed by atoms with Crippen molar-refractivity contribution in [2.45, 2.75) is 12.3 Å². The number of carbonyl (C=O) groups excluding carboxylic acids is 1. The van der Waals surface area contributed by atoms with E-state index in [-0.39, 0.29) is 18.0 Å². The van der Waals surface area contributed by atoms with Gasteiger partial charge in [0.15, 0.2) is 0 Å². The number of nitrogens with one attached hydrogen (secondary N) is 1. The minimum absolute atomic E-state index is 0.0978. The summed E-state index contributed by atoms with van der Waals surface area (Å²) in [7, 11) is -3.95. The second-order valence-electron chi connectivity index (χ2n) is 6.04. The number of fused-ring (bicyclic) bond motifs is 1. The molecule has 0 aromatic heterocycles. The van der Waals surface area contributed by atoms with Crippen LogP contribution in [0.15, 0.2) is 30.3 Å². The van der Waals surface area contributed by atoms with Crippen LogP contribution in [-0.4, -0.2) is 39.2 Å². The van der Waals surface area contributed by atoms with Crippen molar-refractivity contribution in [3.8, 4) is 5.75 Å². The van der Waals surface area contributed by atoms with Gasteiger partial charge in [0.25, 0.3) is 5.91 Å². The molecule has 1 unspecified atom stereocenters. The fraction of sp³-hybridized carbons (Fsp3) is 0.312. The number of amides is 1. The number of ether oxygens (including phenoxy) is 1. The van der Waals surface area contributed by atoms with Crippen LogP contribution in [0.4, 0.5) is 5.69 Å². The zero-order valence-electron chi connectivity index (χ0n) is 12.7. The molecule has 2 aromatic rings. The van der Waals surface area contributed by atoms with Crippen LogP contribution < -0.4 is 9.03 Å². The van der Waals surface area contributed by atoms with Crippen LogP contribution in [0.2, 0.25) is 0 Å². The van der Waals surface area contributed by atoms with Crippen molar-refractivity contribution in [3.63, 3.8) is 0 Å². The van der Waals surface area contributed by atoms with E-state index in [1.807, 2.05) is 22.9 Å². The SMILES string of the molecule is O=C1CN(c2cc3cc(C4CCOC4)ccc3cc2O)S(=O)(=O)N1. The highest BCUT2D eigenvalue weighted by atomic mass is 32.2. The quantitative estimate of drug-likeness (QED) is 0.851. The van der Waals surface area contributed by atoms with E-state index in [4.69, 9.17) is 4.74 Å². The third kappa shape index (κ3) is 2.47. The molecule has 2 saturated heterocycles. The number of rotatable bonds is 2. The molecule has 1 atom stereocenters. The van der Waals surface area contributed by atoms with Crippen molar-refractivity contribution in [3.05, 3.63) is 35.9 Å². The largest absolute Gasteiger partial charge is 0.506 e. The Balaban J connectivity index is 1.81. The highest BCUT2D eigenvalue weighted by Crippen LogP contribution is 2.36. The van der Waals surface area contributed by atoms with Gasteiger partial charge in [-0.05, 0) is 34.9 Å². The molecule has 2 N–H and O–H groups in total. The number of phenolic OH excluding ortho intramolecular Hbond substituents is 1. The molecule has 24 heavy (non-hydrogen) atoms. The zero-order valence-corrected chi connectivity index (χ0v) is 13.5. The van der Waals surface area contributed by atoms with Gasteiger partial charge in [-0.3, -0.25) is 4.79 Å². The molecule has 0 spiro atoms. The van der Waals surface area contributed by atoms with Crippen LogP contribution >= 0.6 is 0 Å². The predicted octanol–water partition coefficient (Wildman–Crippen LogP) is 1.23. The van der Waals surface area contributed by atoms with E-state index in [2.05, 4.69) is 0 Å². The van der Waals surface area contributed by atoms with Crippen LogP contribution in [0.25, 0.3) is 10.8 Å². The average molecular weight is 348 g/mol. The van der Waals surface area contributed by atoms with Gasteiger partial charge in [-0.1, -0.05) is 18.2 Å². The summed E-state index contributed by atoms with van der Waals surface area (Å²) < 4.78 is 32.2. The number of hydrogen-bond donors (Lipinski definition) is 2. The van der Waals surface area contributed by atoms with E-state index in [0.717, 1.165) is 33.7 Å². The van der Waals surface area contributed by atoms with Crippen molar-refractivity contribution in [1.82, 2.24) is 4.72 Å². The summed E-state index contributed by atoms with van der Waals surface area (Å²) in [6.45, 7) is 1.08. The molecule has 0 radical (unpaired) electrons. The lowest BCUT2D eigenvalue weighted by atomic mass is 9.95. The number of aromatic hydroxyl groups is 1. The first-order chi connectivity index (χ1) is 11.4. The Morgan fingerprint density at radius 1 is 1.21 bits per heavy atom. The van der Waals surface area contributed by atoms with Gasteiger partial charge >= 0.3 is 10.2 Å². The number of anilines is 1. The maximum Gasteiger partial charge on any atom is 0.326 e. The van der Waals surface area contributed by atoms with E-state index in [9.17, 15) is 18.3 Å². The van der Waals surface area contributed by atoms with Gasteiger partial charge in [-0.2, -0.15) is 8.42 Å². The van der Waals surface area contributed by atoms with Crippen molar-refractivity contribution in [1.29, 1.82) is 0 Å². The minimum atomic E-state index is -3.95. The van der Waals surface area contributed by atoms with Crippen molar-refractivity contribution in [2.75, 3.05) is 24.1 Å². The van der Waals surface area contributed by atoms with E-state index >= 15 is 0 Å². The van der Waals surface area contributed by atoms with Crippen LogP contribution in [0.3, 0.4) is 0 Å². The third-order valence-corrected chi connectivity index (χ3v) is 5.84. The highest BCUT2D eigenvalue weighted by Gasteiger charge is 2.35. The number of carbonyl (C=O) groups is 1. The van der Waals surface area contributed by atoms with Crippen LogP contribution in [-0.2, 0) is 19.7 Å². The normalized spacial score (nSPS) is 22.9. The van der Waals surface area contributed by atoms with Crippen molar-refractivity contribution in [2.24, 2.45) is 0 Å². The topological polar surface area (TPSA) is 95.9 Å². The van der Waals surface area contributed by atoms with Crippen molar-refractivity contribution < 1.29 is 23.1 Å². The standard InChI is InChI=1S/C16H16N2O5S/c19-15-7-11-2-1-10(12-3-4-23-9-12)5-13(11)6-14(15)18-8-16(20)17-24(18,21)22/h1-2,5-7,12,19H,3-4,8-9H2,(H,17,20). The summed E-state index contributed by atoms with van der Waals surface area (Å²) in [6, 6.07) is 8.99. The van der Waals surface area contributed by atoms with E-state index < -0.39 is 16.1 Å². The van der Waals surface area contributed by atoms with Gasteiger partial charge in [0.05, 0.1) is 12.3 Å². The Hall–Kier alpha value is -2.32. The fourth-order valence-electron chi connectivity index (χ4n) is 3.20. The van der Waals surface area contributed by atoms with Gasteiger partial charge < -0.3 is 9.84 Å². The lowest BCUT2D eigenvalue weighted by Crippen LogP contribution is -2.29.